The maximum atomic E-state index is 11.1. The lowest BCUT2D eigenvalue weighted by Gasteiger charge is -2.47. The van der Waals surface area contributed by atoms with Crippen molar-refractivity contribution in [3.8, 4) is 0 Å². The molecule has 2 fully saturated rings. The lowest BCUT2D eigenvalue weighted by Crippen LogP contribution is -2.56. The van der Waals surface area contributed by atoms with E-state index < -0.39 is 6.09 Å². The summed E-state index contributed by atoms with van der Waals surface area (Å²) in [7, 11) is 0. The zero-order valence-electron chi connectivity index (χ0n) is 14.1. The first kappa shape index (κ1) is 16.3. The first-order valence-electron chi connectivity index (χ1n) is 8.23. The van der Waals surface area contributed by atoms with Gasteiger partial charge in [-0.2, -0.15) is 0 Å². The van der Waals surface area contributed by atoms with Crippen molar-refractivity contribution in [1.29, 1.82) is 0 Å². The fourth-order valence-corrected chi connectivity index (χ4v) is 3.84. The minimum atomic E-state index is -0.968. The normalized spacial score (nSPS) is 31.1. The quantitative estimate of drug-likeness (QED) is 0.899. The van der Waals surface area contributed by atoms with Crippen LogP contribution in [0.4, 0.5) is 4.79 Å². The summed E-state index contributed by atoms with van der Waals surface area (Å²) in [4.78, 5) is 13.5. The van der Waals surface area contributed by atoms with E-state index in [1.54, 1.807) is 0 Å². The molecule has 23 heavy (non-hydrogen) atoms. The number of hydrogen-bond acceptors (Lipinski definition) is 3. The lowest BCUT2D eigenvalue weighted by atomic mass is 9.74. The molecule has 1 aromatic carbocycles. The van der Waals surface area contributed by atoms with E-state index in [9.17, 15) is 4.79 Å². The number of nitrogens with one attached hydrogen (secondary N) is 1. The Morgan fingerprint density at radius 3 is 2.70 bits per heavy atom. The van der Waals surface area contributed by atoms with Gasteiger partial charge in [-0.3, -0.25) is 4.90 Å². The molecule has 1 aromatic rings. The van der Waals surface area contributed by atoms with Crippen molar-refractivity contribution in [3.05, 3.63) is 35.9 Å². The number of carboxylic acid groups (broad SMARTS) is 1. The number of hydrogen-bond donors (Lipinski definition) is 2. The Morgan fingerprint density at radius 2 is 2.09 bits per heavy atom. The molecule has 2 bridgehead atoms. The number of nitrogens with zero attached hydrogens (tertiary/aromatic N) is 1. The van der Waals surface area contributed by atoms with Crippen molar-refractivity contribution in [2.45, 2.75) is 51.5 Å². The van der Waals surface area contributed by atoms with Gasteiger partial charge in [-0.05, 0) is 11.0 Å². The molecule has 5 heteroatoms. The van der Waals surface area contributed by atoms with Gasteiger partial charge in [0.1, 0.15) is 0 Å². The number of rotatable bonds is 3. The van der Waals surface area contributed by atoms with Gasteiger partial charge in [-0.25, -0.2) is 4.79 Å². The molecule has 0 aromatic heterocycles. The summed E-state index contributed by atoms with van der Waals surface area (Å²) in [5.41, 5.74) is 0.925. The van der Waals surface area contributed by atoms with Crippen molar-refractivity contribution in [3.63, 3.8) is 0 Å². The maximum Gasteiger partial charge on any atom is 0.404 e. The molecule has 2 N–H and O–H groups in total. The number of amides is 1. The Balaban J connectivity index is 1.81. The molecule has 3 atom stereocenters. The predicted molar refractivity (Wildman–Crippen MR) is 88.3 cm³/mol. The second kappa shape index (κ2) is 5.80. The van der Waals surface area contributed by atoms with Crippen LogP contribution in [0.1, 0.15) is 32.8 Å². The van der Waals surface area contributed by atoms with Crippen LogP contribution in [0.3, 0.4) is 0 Å². The fourth-order valence-electron chi connectivity index (χ4n) is 3.84. The molecular formula is C18H26N2O3. The highest BCUT2D eigenvalue weighted by atomic mass is 16.5. The number of fused-ring (bicyclic) bond motifs is 2. The molecule has 0 radical (unpaired) electrons. The van der Waals surface area contributed by atoms with E-state index in [1.807, 2.05) is 6.07 Å². The molecule has 2 heterocycles. The van der Waals surface area contributed by atoms with Crippen molar-refractivity contribution >= 4 is 6.09 Å². The summed E-state index contributed by atoms with van der Waals surface area (Å²) < 4.78 is 6.36. The van der Waals surface area contributed by atoms with Crippen LogP contribution in [0.25, 0.3) is 0 Å². The predicted octanol–water partition coefficient (Wildman–Crippen LogP) is 2.71. The van der Waals surface area contributed by atoms with Gasteiger partial charge in [0, 0.05) is 26.1 Å². The van der Waals surface area contributed by atoms with Crippen molar-refractivity contribution in [2.75, 3.05) is 13.1 Å². The van der Waals surface area contributed by atoms with Crippen LogP contribution in [0.15, 0.2) is 30.3 Å². The van der Waals surface area contributed by atoms with Gasteiger partial charge in [0.05, 0.1) is 17.7 Å². The average molecular weight is 318 g/mol. The van der Waals surface area contributed by atoms with Crippen molar-refractivity contribution < 1.29 is 14.6 Å². The molecule has 3 unspecified atom stereocenters. The fraction of sp³-hybridized carbons (Fsp3) is 0.611. The van der Waals surface area contributed by atoms with Gasteiger partial charge in [0.25, 0.3) is 0 Å². The molecule has 1 amide bonds. The summed E-state index contributed by atoms with van der Waals surface area (Å²) in [5, 5.41) is 11.8. The van der Waals surface area contributed by atoms with E-state index in [0.29, 0.717) is 0 Å². The highest BCUT2D eigenvalue weighted by Gasteiger charge is 2.57. The standard InChI is InChI=1S/C18H26N2O3/c1-17(2,3)18-9-14(19-16(21)22)15(23-18)11-20(12-18)10-13-7-5-4-6-8-13/h4-8,14-15,19H,9-12H2,1-3H3,(H,21,22). The number of ether oxygens (including phenoxy) is 1. The Kier molecular flexibility index (Phi) is 4.10. The summed E-state index contributed by atoms with van der Waals surface area (Å²) in [6.45, 7) is 9.01. The van der Waals surface area contributed by atoms with Gasteiger partial charge in [0.15, 0.2) is 0 Å². The highest BCUT2D eigenvalue weighted by molar-refractivity contribution is 5.65. The van der Waals surface area contributed by atoms with Crippen molar-refractivity contribution in [2.24, 2.45) is 5.41 Å². The van der Waals surface area contributed by atoms with Crippen LogP contribution in [-0.4, -0.2) is 46.9 Å². The first-order valence-corrected chi connectivity index (χ1v) is 8.23. The molecular weight excluding hydrogens is 292 g/mol. The van der Waals surface area contributed by atoms with Crippen LogP contribution < -0.4 is 5.32 Å². The zero-order chi connectivity index (χ0) is 16.7. The molecule has 0 aliphatic carbocycles. The number of benzene rings is 1. The third-order valence-corrected chi connectivity index (χ3v) is 5.22. The molecule has 3 rings (SSSR count). The van der Waals surface area contributed by atoms with Gasteiger partial charge in [0.2, 0.25) is 0 Å². The van der Waals surface area contributed by atoms with Crippen LogP contribution in [0.5, 0.6) is 0 Å². The Hall–Kier alpha value is -1.59. The Labute approximate surface area is 137 Å². The highest BCUT2D eigenvalue weighted by Crippen LogP contribution is 2.47. The number of carbonyl (C=O) groups is 1. The van der Waals surface area contributed by atoms with Crippen LogP contribution in [0.2, 0.25) is 0 Å². The summed E-state index contributed by atoms with van der Waals surface area (Å²) in [5.74, 6) is 0. The van der Waals surface area contributed by atoms with Crippen LogP contribution in [-0.2, 0) is 11.3 Å². The van der Waals surface area contributed by atoms with E-state index in [1.165, 1.54) is 5.56 Å². The van der Waals surface area contributed by atoms with Gasteiger partial charge in [-0.1, -0.05) is 51.1 Å². The molecule has 0 saturated carbocycles. The minimum Gasteiger partial charge on any atom is -0.465 e. The maximum absolute atomic E-state index is 11.1. The summed E-state index contributed by atoms with van der Waals surface area (Å²) in [6.07, 6.45) is -0.314. The van der Waals surface area contributed by atoms with E-state index in [0.717, 1.165) is 26.1 Å². The van der Waals surface area contributed by atoms with E-state index >= 15 is 0 Å². The molecule has 5 nitrogen and oxygen atoms in total. The Bertz CT molecular complexity index is 569. The number of morpholine rings is 1. The molecule has 126 valence electrons. The smallest absolute Gasteiger partial charge is 0.404 e. The second-order valence-electron chi connectivity index (χ2n) is 7.82. The summed E-state index contributed by atoms with van der Waals surface area (Å²) >= 11 is 0. The monoisotopic (exact) mass is 318 g/mol. The molecule has 2 saturated heterocycles. The molecule has 2 aliphatic rings. The summed E-state index contributed by atoms with van der Waals surface area (Å²) in [6, 6.07) is 10.3. The second-order valence-corrected chi connectivity index (χ2v) is 7.82. The number of likely N-dealkylation sites (tertiary alicyclic amines) is 1. The zero-order valence-corrected chi connectivity index (χ0v) is 14.1. The van der Waals surface area contributed by atoms with Crippen molar-refractivity contribution in [1.82, 2.24) is 10.2 Å². The van der Waals surface area contributed by atoms with Gasteiger partial charge in [-0.15, -0.1) is 0 Å². The third-order valence-electron chi connectivity index (χ3n) is 5.22. The average Bonchev–Trinajstić information content (AvgIpc) is 2.71. The lowest BCUT2D eigenvalue weighted by molar-refractivity contribution is -0.163. The van der Waals surface area contributed by atoms with Crippen LogP contribution >= 0.6 is 0 Å². The first-order chi connectivity index (χ1) is 10.8. The Morgan fingerprint density at radius 1 is 1.39 bits per heavy atom. The van der Waals surface area contributed by atoms with Gasteiger partial charge >= 0.3 is 6.09 Å². The SMILES string of the molecule is CC(C)(C)C12CC(NC(=O)O)C(CN(Cc3ccccc3)C1)O2. The molecule has 0 spiro atoms. The van der Waals surface area contributed by atoms with E-state index in [-0.39, 0.29) is 23.2 Å². The minimum absolute atomic E-state index is 0.0461. The van der Waals surface area contributed by atoms with Crippen LogP contribution in [0, 0.1) is 5.41 Å². The molecule has 2 aliphatic heterocycles. The van der Waals surface area contributed by atoms with E-state index in [4.69, 9.17) is 9.84 Å². The third kappa shape index (κ3) is 3.21. The largest absolute Gasteiger partial charge is 0.465 e. The van der Waals surface area contributed by atoms with E-state index in [2.05, 4.69) is 55.3 Å². The van der Waals surface area contributed by atoms with Gasteiger partial charge < -0.3 is 15.2 Å². The topological polar surface area (TPSA) is 61.8 Å².